The zero-order valence-electron chi connectivity index (χ0n) is 19.7. The monoisotopic (exact) mass is 477 g/mol. The van der Waals surface area contributed by atoms with Crippen LogP contribution in [0.5, 0.6) is 0 Å². The van der Waals surface area contributed by atoms with Gasteiger partial charge in [-0.05, 0) is 50.4 Å². The van der Waals surface area contributed by atoms with Crippen molar-refractivity contribution < 1.29 is 14.4 Å². The van der Waals surface area contributed by atoms with E-state index in [4.69, 9.17) is 0 Å². The van der Waals surface area contributed by atoms with Gasteiger partial charge >= 0.3 is 6.03 Å². The van der Waals surface area contributed by atoms with Crippen LogP contribution in [0.15, 0.2) is 24.3 Å². The van der Waals surface area contributed by atoms with E-state index in [1.54, 1.807) is 4.90 Å². The number of benzene rings is 1. The van der Waals surface area contributed by atoms with Gasteiger partial charge in [0.2, 0.25) is 5.91 Å². The van der Waals surface area contributed by atoms with E-state index < -0.39 is 0 Å². The van der Waals surface area contributed by atoms with Gasteiger partial charge in [0.1, 0.15) is 6.04 Å². The second-order valence-corrected chi connectivity index (χ2v) is 9.35. The van der Waals surface area contributed by atoms with Crippen molar-refractivity contribution in [2.45, 2.75) is 45.6 Å². The van der Waals surface area contributed by atoms with Crippen molar-refractivity contribution in [2.24, 2.45) is 5.92 Å². The van der Waals surface area contributed by atoms with E-state index in [0.29, 0.717) is 6.54 Å². The smallest absolute Gasteiger partial charge is 0.327 e. The Labute approximate surface area is 202 Å². The molecule has 9 heteroatoms. The summed E-state index contributed by atoms with van der Waals surface area (Å²) in [6, 6.07) is 7.79. The Bertz CT molecular complexity index is 834. The van der Waals surface area contributed by atoms with Crippen molar-refractivity contribution in [3.8, 4) is 0 Å². The van der Waals surface area contributed by atoms with E-state index in [2.05, 4.69) is 21.2 Å². The molecule has 3 aliphatic rings. The number of rotatable bonds is 8. The van der Waals surface area contributed by atoms with Gasteiger partial charge in [-0.1, -0.05) is 19.9 Å². The highest BCUT2D eigenvalue weighted by Crippen LogP contribution is 2.27. The van der Waals surface area contributed by atoms with Gasteiger partial charge in [-0.3, -0.25) is 19.4 Å². The quantitative estimate of drug-likeness (QED) is 0.460. The normalized spacial score (nSPS) is 20.9. The third kappa shape index (κ3) is 5.79. The minimum absolute atomic E-state index is 0. The number of amides is 4. The number of carbonyl (C=O) groups excluding carboxylic acids is 3. The molecule has 3 fully saturated rings. The molecule has 3 saturated heterocycles. The number of nitrogens with zero attached hydrogens (tertiary/aromatic N) is 4. The maximum absolute atomic E-state index is 12.4. The molecule has 3 aliphatic heterocycles. The number of urea groups is 1. The van der Waals surface area contributed by atoms with Gasteiger partial charge in [0.05, 0.1) is 0 Å². The Hall–Kier alpha value is -2.32. The van der Waals surface area contributed by atoms with Crippen molar-refractivity contribution >= 4 is 41.6 Å². The second kappa shape index (κ2) is 11.2. The molecule has 1 unspecified atom stereocenters. The highest BCUT2D eigenvalue weighted by molar-refractivity contribution is 6.04. The number of fused-ring (bicyclic) bond motifs is 1. The first kappa shape index (κ1) is 25.3. The van der Waals surface area contributed by atoms with Crippen LogP contribution >= 0.6 is 12.4 Å². The number of piperazine rings is 1. The van der Waals surface area contributed by atoms with Crippen LogP contribution in [-0.2, 0) is 9.59 Å². The van der Waals surface area contributed by atoms with Crippen LogP contribution in [0, 0.1) is 5.92 Å². The van der Waals surface area contributed by atoms with Gasteiger partial charge in [-0.25, -0.2) is 4.79 Å². The molecule has 3 heterocycles. The molecule has 0 radical (unpaired) electrons. The van der Waals surface area contributed by atoms with E-state index >= 15 is 0 Å². The average molecular weight is 478 g/mol. The lowest BCUT2D eigenvalue weighted by Gasteiger charge is -2.36. The predicted molar refractivity (Wildman–Crippen MR) is 132 cm³/mol. The molecule has 33 heavy (non-hydrogen) atoms. The Morgan fingerprint density at radius 2 is 1.79 bits per heavy atom. The number of nitrogens with one attached hydrogen (secondary N) is 1. The molecule has 1 atom stereocenters. The van der Waals surface area contributed by atoms with Gasteiger partial charge in [-0.2, -0.15) is 0 Å². The van der Waals surface area contributed by atoms with Crippen LogP contribution in [0.1, 0.15) is 39.5 Å². The van der Waals surface area contributed by atoms with E-state index in [9.17, 15) is 14.4 Å². The lowest BCUT2D eigenvalue weighted by atomic mass is 10.2. The minimum Gasteiger partial charge on any atom is -0.369 e. The SMILES string of the molecule is CC(C)C(=O)Nc1cccc(N2CCN(CCCCN3C(=O)C4CCCN4C3=O)CC2)c1.Cl. The summed E-state index contributed by atoms with van der Waals surface area (Å²) in [5.41, 5.74) is 1.98. The minimum atomic E-state index is -0.187. The number of unbranched alkanes of at least 4 members (excludes halogenated alkanes) is 1. The first-order valence-corrected chi connectivity index (χ1v) is 11.9. The fraction of sp³-hybridized carbons (Fsp3) is 0.625. The Morgan fingerprint density at radius 3 is 2.48 bits per heavy atom. The zero-order valence-corrected chi connectivity index (χ0v) is 20.5. The van der Waals surface area contributed by atoms with Crippen LogP contribution in [0.3, 0.4) is 0 Å². The van der Waals surface area contributed by atoms with E-state index in [1.165, 1.54) is 4.90 Å². The predicted octanol–water partition coefficient (Wildman–Crippen LogP) is 3.03. The highest BCUT2D eigenvalue weighted by atomic mass is 35.5. The summed E-state index contributed by atoms with van der Waals surface area (Å²) in [5.74, 6) is -0.00122. The number of hydrogen-bond acceptors (Lipinski definition) is 5. The maximum atomic E-state index is 12.4. The van der Waals surface area contributed by atoms with Crippen molar-refractivity contribution in [1.82, 2.24) is 14.7 Å². The zero-order chi connectivity index (χ0) is 22.7. The van der Waals surface area contributed by atoms with Crippen LogP contribution in [0.4, 0.5) is 16.2 Å². The Balaban J connectivity index is 0.00000306. The number of carbonyl (C=O) groups is 3. The van der Waals surface area contributed by atoms with Crippen molar-refractivity contribution in [1.29, 1.82) is 0 Å². The number of anilines is 2. The molecule has 182 valence electrons. The molecule has 0 aliphatic carbocycles. The van der Waals surface area contributed by atoms with E-state index in [0.717, 1.165) is 76.3 Å². The van der Waals surface area contributed by atoms with Crippen LogP contribution in [0.25, 0.3) is 0 Å². The molecule has 0 aromatic heterocycles. The second-order valence-electron chi connectivity index (χ2n) is 9.35. The summed E-state index contributed by atoms with van der Waals surface area (Å²) in [6.07, 6.45) is 3.60. The summed E-state index contributed by atoms with van der Waals surface area (Å²) in [5, 5.41) is 2.98. The van der Waals surface area contributed by atoms with Crippen LogP contribution in [0.2, 0.25) is 0 Å². The molecular weight excluding hydrogens is 442 g/mol. The summed E-state index contributed by atoms with van der Waals surface area (Å²) in [6.45, 7) is 9.90. The van der Waals surface area contributed by atoms with Gasteiger partial charge in [0, 0.05) is 56.6 Å². The first-order valence-electron chi connectivity index (χ1n) is 11.9. The molecule has 1 aromatic carbocycles. The van der Waals surface area contributed by atoms with E-state index in [1.807, 2.05) is 32.0 Å². The Kier molecular flexibility index (Phi) is 8.59. The van der Waals surface area contributed by atoms with Crippen LogP contribution in [-0.4, -0.2) is 84.4 Å². The summed E-state index contributed by atoms with van der Waals surface area (Å²) < 4.78 is 0. The lowest BCUT2D eigenvalue weighted by molar-refractivity contribution is -0.128. The number of halogens is 1. The van der Waals surface area contributed by atoms with Crippen LogP contribution < -0.4 is 10.2 Å². The molecule has 8 nitrogen and oxygen atoms in total. The maximum Gasteiger partial charge on any atom is 0.327 e. The average Bonchev–Trinajstić information content (AvgIpc) is 3.36. The Morgan fingerprint density at radius 1 is 1.06 bits per heavy atom. The molecule has 0 spiro atoms. The molecule has 0 saturated carbocycles. The van der Waals surface area contributed by atoms with E-state index in [-0.39, 0.29) is 42.2 Å². The van der Waals surface area contributed by atoms with Gasteiger partial charge in [0.25, 0.3) is 5.91 Å². The van der Waals surface area contributed by atoms with Gasteiger partial charge in [-0.15, -0.1) is 12.4 Å². The largest absolute Gasteiger partial charge is 0.369 e. The molecule has 1 N–H and O–H groups in total. The fourth-order valence-electron chi connectivity index (χ4n) is 4.79. The van der Waals surface area contributed by atoms with Gasteiger partial charge in [0.15, 0.2) is 0 Å². The van der Waals surface area contributed by atoms with Gasteiger partial charge < -0.3 is 15.1 Å². The number of imide groups is 1. The molecule has 1 aromatic rings. The van der Waals surface area contributed by atoms with Crippen molar-refractivity contribution in [2.75, 3.05) is 56.0 Å². The summed E-state index contributed by atoms with van der Waals surface area (Å²) in [7, 11) is 0. The lowest BCUT2D eigenvalue weighted by Crippen LogP contribution is -2.46. The molecule has 0 bridgehead atoms. The first-order chi connectivity index (χ1) is 15.4. The fourth-order valence-corrected chi connectivity index (χ4v) is 4.79. The number of hydrogen-bond donors (Lipinski definition) is 1. The van der Waals surface area contributed by atoms with Crippen molar-refractivity contribution in [3.63, 3.8) is 0 Å². The molecule has 4 rings (SSSR count). The summed E-state index contributed by atoms with van der Waals surface area (Å²) >= 11 is 0. The topological polar surface area (TPSA) is 76.2 Å². The summed E-state index contributed by atoms with van der Waals surface area (Å²) in [4.78, 5) is 44.8. The third-order valence-corrected chi connectivity index (χ3v) is 6.76. The molecular formula is C24H36ClN5O3. The third-order valence-electron chi connectivity index (χ3n) is 6.76. The van der Waals surface area contributed by atoms with Crippen molar-refractivity contribution in [3.05, 3.63) is 24.3 Å². The standard InChI is InChI=1S/C24H35N5O3.ClH/c1-18(2)22(30)25-19-7-5-8-20(17-19)27-15-13-26(14-16-27)10-3-4-11-29-23(31)21-9-6-12-28(21)24(29)32;/h5,7-8,17-18,21H,3-4,6,9-16H2,1-2H3,(H,25,30);1H. The highest BCUT2D eigenvalue weighted by Gasteiger charge is 2.46. The molecule has 4 amide bonds.